The molecular weight excluding hydrogens is 308 g/mol. The summed E-state index contributed by atoms with van der Waals surface area (Å²) in [5, 5.41) is 10.2. The zero-order valence-electron chi connectivity index (χ0n) is 16.8. The van der Waals surface area contributed by atoms with Crippen LogP contribution in [0.4, 0.5) is 0 Å². The van der Waals surface area contributed by atoms with Gasteiger partial charge in [0.25, 0.3) is 0 Å². The highest BCUT2D eigenvalue weighted by Crippen LogP contribution is 2.69. The Balaban J connectivity index is 1.77. The summed E-state index contributed by atoms with van der Waals surface area (Å²) in [5.41, 5.74) is 2.19. The standard InChI is InChI=1S/C23H36O2/c1-14(24)17-6-7-18-20-19(9-11-23(17,18)5)22(4)10-8-16(25)12-15(22)13-21(20,2)3/h13,16-20,25H,6-12H2,1-5H3/t16-,17+,18?,19?,20?,22-,23+/m0/s1. The van der Waals surface area contributed by atoms with Gasteiger partial charge in [-0.15, -0.1) is 0 Å². The molecule has 140 valence electrons. The molecule has 3 saturated carbocycles. The third-order valence-electron chi connectivity index (χ3n) is 9.17. The van der Waals surface area contributed by atoms with E-state index in [1.807, 2.05) is 6.92 Å². The van der Waals surface area contributed by atoms with Crippen LogP contribution in [0.25, 0.3) is 0 Å². The SMILES string of the molecule is CC(=O)[C@H]1CCC2C3C(CC[C@@]21C)[C@@]1(C)CC[C@H](O)CC1=CC3(C)C. The second-order valence-corrected chi connectivity index (χ2v) is 10.8. The van der Waals surface area contributed by atoms with E-state index < -0.39 is 0 Å². The van der Waals surface area contributed by atoms with Crippen LogP contribution in [0, 0.1) is 39.9 Å². The number of aliphatic hydroxyl groups excluding tert-OH is 1. The Labute approximate surface area is 153 Å². The van der Waals surface area contributed by atoms with Crippen LogP contribution in [-0.4, -0.2) is 17.0 Å². The van der Waals surface area contributed by atoms with E-state index in [2.05, 4.69) is 33.8 Å². The summed E-state index contributed by atoms with van der Waals surface area (Å²) in [6.45, 7) is 11.6. The highest BCUT2D eigenvalue weighted by atomic mass is 16.3. The first kappa shape index (κ1) is 17.8. The van der Waals surface area contributed by atoms with Gasteiger partial charge in [-0.05, 0) is 85.9 Å². The van der Waals surface area contributed by atoms with Crippen molar-refractivity contribution in [1.29, 1.82) is 0 Å². The van der Waals surface area contributed by atoms with Gasteiger partial charge in [-0.25, -0.2) is 0 Å². The molecule has 0 radical (unpaired) electrons. The Morgan fingerprint density at radius 2 is 1.76 bits per heavy atom. The molecule has 0 spiro atoms. The number of aliphatic hydroxyl groups is 1. The van der Waals surface area contributed by atoms with Crippen LogP contribution in [0.3, 0.4) is 0 Å². The number of hydrogen-bond acceptors (Lipinski definition) is 2. The van der Waals surface area contributed by atoms with Gasteiger partial charge in [-0.2, -0.15) is 0 Å². The van der Waals surface area contributed by atoms with Gasteiger partial charge < -0.3 is 5.11 Å². The van der Waals surface area contributed by atoms with E-state index in [-0.39, 0.29) is 28.3 Å². The summed E-state index contributed by atoms with van der Waals surface area (Å²) >= 11 is 0. The predicted octanol–water partition coefficient (Wildman–Crippen LogP) is 5.15. The number of ketones is 1. The Morgan fingerprint density at radius 1 is 1.04 bits per heavy atom. The molecule has 3 unspecified atom stereocenters. The van der Waals surface area contributed by atoms with Gasteiger partial charge in [0.15, 0.2) is 0 Å². The molecule has 3 fully saturated rings. The number of carbonyl (C=O) groups excluding carboxylic acids is 1. The van der Waals surface area contributed by atoms with Crippen LogP contribution >= 0.6 is 0 Å². The topological polar surface area (TPSA) is 37.3 Å². The van der Waals surface area contributed by atoms with Crippen molar-refractivity contribution in [3.05, 3.63) is 11.6 Å². The minimum absolute atomic E-state index is 0.144. The molecule has 25 heavy (non-hydrogen) atoms. The Bertz CT molecular complexity index is 618. The van der Waals surface area contributed by atoms with Crippen LogP contribution in [0.2, 0.25) is 0 Å². The van der Waals surface area contributed by atoms with Gasteiger partial charge in [0, 0.05) is 5.92 Å². The molecule has 0 heterocycles. The van der Waals surface area contributed by atoms with Crippen LogP contribution < -0.4 is 0 Å². The lowest BCUT2D eigenvalue weighted by atomic mass is 9.42. The van der Waals surface area contributed by atoms with E-state index in [1.165, 1.54) is 24.8 Å². The molecule has 0 aliphatic heterocycles. The number of Topliss-reactive ketones (excluding diaryl/α,β-unsaturated/α-hetero) is 1. The smallest absolute Gasteiger partial charge is 0.133 e. The van der Waals surface area contributed by atoms with Crippen molar-refractivity contribution in [2.75, 3.05) is 0 Å². The monoisotopic (exact) mass is 344 g/mol. The van der Waals surface area contributed by atoms with Gasteiger partial charge in [0.2, 0.25) is 0 Å². The Kier molecular flexibility index (Phi) is 3.87. The fourth-order valence-corrected chi connectivity index (χ4v) is 7.97. The fraction of sp³-hybridized carbons (Fsp3) is 0.870. The molecule has 4 aliphatic carbocycles. The van der Waals surface area contributed by atoms with Gasteiger partial charge in [0.1, 0.15) is 5.78 Å². The Morgan fingerprint density at radius 3 is 2.44 bits per heavy atom. The quantitative estimate of drug-likeness (QED) is 0.668. The normalized spacial score (nSPS) is 51.1. The van der Waals surface area contributed by atoms with Crippen molar-refractivity contribution in [2.24, 2.45) is 39.9 Å². The maximum Gasteiger partial charge on any atom is 0.133 e. The molecule has 4 rings (SSSR count). The molecular formula is C23H36O2. The lowest BCUT2D eigenvalue weighted by Gasteiger charge is -2.62. The van der Waals surface area contributed by atoms with Crippen LogP contribution in [0.1, 0.15) is 79.6 Å². The lowest BCUT2D eigenvalue weighted by Crippen LogP contribution is -2.55. The summed E-state index contributed by atoms with van der Waals surface area (Å²) < 4.78 is 0. The number of rotatable bonds is 1. The van der Waals surface area contributed by atoms with E-state index in [0.29, 0.717) is 17.6 Å². The summed E-state index contributed by atoms with van der Waals surface area (Å²) in [7, 11) is 0. The maximum atomic E-state index is 12.3. The molecule has 7 atom stereocenters. The molecule has 0 saturated heterocycles. The first-order chi connectivity index (χ1) is 11.6. The molecule has 2 heteroatoms. The second kappa shape index (κ2) is 5.44. The third-order valence-corrected chi connectivity index (χ3v) is 9.17. The molecule has 0 bridgehead atoms. The first-order valence-corrected chi connectivity index (χ1v) is 10.5. The van der Waals surface area contributed by atoms with E-state index >= 15 is 0 Å². The molecule has 1 N–H and O–H groups in total. The van der Waals surface area contributed by atoms with E-state index in [9.17, 15) is 9.90 Å². The number of fused-ring (bicyclic) bond motifs is 5. The van der Waals surface area contributed by atoms with Gasteiger partial charge in [0.05, 0.1) is 6.10 Å². The zero-order valence-corrected chi connectivity index (χ0v) is 16.8. The van der Waals surface area contributed by atoms with Crippen molar-refractivity contribution in [3.8, 4) is 0 Å². The lowest BCUT2D eigenvalue weighted by molar-refractivity contribution is -0.130. The van der Waals surface area contributed by atoms with Crippen molar-refractivity contribution in [1.82, 2.24) is 0 Å². The second-order valence-electron chi connectivity index (χ2n) is 10.8. The highest BCUT2D eigenvalue weighted by Gasteiger charge is 2.62. The van der Waals surface area contributed by atoms with Crippen molar-refractivity contribution in [2.45, 2.75) is 85.7 Å². The Hall–Kier alpha value is -0.630. The first-order valence-electron chi connectivity index (χ1n) is 10.5. The van der Waals surface area contributed by atoms with Gasteiger partial charge in [-0.1, -0.05) is 39.3 Å². The van der Waals surface area contributed by atoms with Gasteiger partial charge in [-0.3, -0.25) is 4.79 Å². The molecule has 0 aromatic heterocycles. The van der Waals surface area contributed by atoms with Gasteiger partial charge >= 0.3 is 0 Å². The van der Waals surface area contributed by atoms with E-state index in [0.717, 1.165) is 31.6 Å². The van der Waals surface area contributed by atoms with E-state index in [1.54, 1.807) is 0 Å². The number of hydrogen-bond donors (Lipinski definition) is 1. The third kappa shape index (κ3) is 2.35. The van der Waals surface area contributed by atoms with Crippen molar-refractivity contribution < 1.29 is 9.90 Å². The fourth-order valence-electron chi connectivity index (χ4n) is 7.97. The molecule has 0 amide bonds. The summed E-state index contributed by atoms with van der Waals surface area (Å²) in [5.74, 6) is 2.77. The van der Waals surface area contributed by atoms with Crippen LogP contribution in [0.5, 0.6) is 0 Å². The van der Waals surface area contributed by atoms with Crippen LogP contribution in [-0.2, 0) is 4.79 Å². The summed E-state index contributed by atoms with van der Waals surface area (Å²) in [6, 6.07) is 0. The van der Waals surface area contributed by atoms with Crippen molar-refractivity contribution >= 4 is 5.78 Å². The predicted molar refractivity (Wildman–Crippen MR) is 101 cm³/mol. The summed E-state index contributed by atoms with van der Waals surface area (Å²) in [4.78, 5) is 12.3. The number of allylic oxidation sites excluding steroid dienone is 1. The maximum absolute atomic E-state index is 12.3. The molecule has 0 aromatic carbocycles. The molecule has 4 aliphatic rings. The zero-order chi connectivity index (χ0) is 18.2. The minimum atomic E-state index is -0.144. The average Bonchev–Trinajstić information content (AvgIpc) is 2.86. The molecule has 0 aromatic rings. The largest absolute Gasteiger partial charge is 0.393 e. The van der Waals surface area contributed by atoms with Crippen LogP contribution in [0.15, 0.2) is 11.6 Å². The summed E-state index contributed by atoms with van der Waals surface area (Å²) in [6.07, 6.45) is 10.2. The van der Waals surface area contributed by atoms with Crippen molar-refractivity contribution in [3.63, 3.8) is 0 Å². The number of carbonyl (C=O) groups is 1. The van der Waals surface area contributed by atoms with E-state index in [4.69, 9.17) is 0 Å². The average molecular weight is 345 g/mol. The highest BCUT2D eigenvalue weighted by molar-refractivity contribution is 5.79. The minimum Gasteiger partial charge on any atom is -0.393 e. The molecule has 2 nitrogen and oxygen atoms in total.